The molecule has 5 nitrogen and oxygen atoms in total. The van der Waals surface area contributed by atoms with E-state index in [4.69, 9.17) is 14.5 Å². The lowest BCUT2D eigenvalue weighted by molar-refractivity contribution is -1.34. The fourth-order valence-electron chi connectivity index (χ4n) is 1.06. The van der Waals surface area contributed by atoms with Crippen molar-refractivity contribution in [3.8, 4) is 0 Å². The summed E-state index contributed by atoms with van der Waals surface area (Å²) in [5, 5.41) is 3.14. The Kier molecular flexibility index (Phi) is 4.34. The molecule has 13 heavy (non-hydrogen) atoms. The largest absolute Gasteiger partial charge is 0.312 e. The quantitative estimate of drug-likeness (QED) is 0.651. The van der Waals surface area contributed by atoms with Gasteiger partial charge in [-0.05, 0) is 13.5 Å². The van der Waals surface area contributed by atoms with Crippen molar-refractivity contribution in [1.29, 1.82) is 0 Å². The zero-order chi connectivity index (χ0) is 9.57. The van der Waals surface area contributed by atoms with Crippen LogP contribution >= 0.6 is 0 Å². The van der Waals surface area contributed by atoms with E-state index in [1.54, 1.807) is 0 Å². The number of quaternary nitrogens is 1. The van der Waals surface area contributed by atoms with Crippen molar-refractivity contribution in [3.63, 3.8) is 0 Å². The lowest BCUT2D eigenvalue weighted by Crippen LogP contribution is -2.47. The molecular formula is C8H17N2O3+. The van der Waals surface area contributed by atoms with Gasteiger partial charge in [-0.15, -0.1) is 14.5 Å². The highest BCUT2D eigenvalue weighted by Crippen LogP contribution is 2.12. The molecule has 1 fully saturated rings. The highest BCUT2D eigenvalue weighted by atomic mass is 17.2. The topological polar surface area (TPSA) is 39.7 Å². The van der Waals surface area contributed by atoms with Crippen molar-refractivity contribution in [3.05, 3.63) is 12.8 Å². The molecule has 5 heteroatoms. The third-order valence-corrected chi connectivity index (χ3v) is 1.63. The molecule has 0 atom stereocenters. The van der Waals surface area contributed by atoms with Crippen molar-refractivity contribution >= 4 is 0 Å². The first-order valence-electron chi connectivity index (χ1n) is 4.49. The average Bonchev–Trinajstić information content (AvgIpc) is 2.10. The molecule has 0 aliphatic carbocycles. The van der Waals surface area contributed by atoms with Crippen LogP contribution in [0.25, 0.3) is 0 Å². The summed E-state index contributed by atoms with van der Waals surface area (Å²) in [6.07, 6.45) is 1.49. The van der Waals surface area contributed by atoms with Crippen LogP contribution in [0.1, 0.15) is 6.92 Å². The highest BCUT2D eigenvalue weighted by molar-refractivity contribution is 4.47. The Morgan fingerprint density at radius 2 is 2.08 bits per heavy atom. The Hall–Kier alpha value is -0.460. The van der Waals surface area contributed by atoms with E-state index in [2.05, 4.69) is 11.9 Å². The van der Waals surface area contributed by atoms with Crippen LogP contribution in [0.15, 0.2) is 12.8 Å². The molecular weight excluding hydrogens is 172 g/mol. The van der Waals surface area contributed by atoms with Crippen molar-refractivity contribution in [2.24, 2.45) is 0 Å². The first-order valence-corrected chi connectivity index (χ1v) is 4.49. The van der Waals surface area contributed by atoms with Gasteiger partial charge in [0.2, 0.25) is 0 Å². The Morgan fingerprint density at radius 3 is 2.54 bits per heavy atom. The zero-order valence-corrected chi connectivity index (χ0v) is 7.99. The van der Waals surface area contributed by atoms with Gasteiger partial charge in [0, 0.05) is 13.1 Å². The summed E-state index contributed by atoms with van der Waals surface area (Å²) >= 11 is 0. The van der Waals surface area contributed by atoms with Crippen LogP contribution in [0.5, 0.6) is 0 Å². The van der Waals surface area contributed by atoms with E-state index in [1.807, 2.05) is 6.92 Å². The summed E-state index contributed by atoms with van der Waals surface area (Å²) in [5.74, 6) is 0. The Balaban J connectivity index is 2.52. The Labute approximate surface area is 78.3 Å². The molecule has 0 aromatic rings. The number of hydrogen-bond donors (Lipinski definition) is 1. The number of hydrogen-bond acceptors (Lipinski definition) is 4. The van der Waals surface area contributed by atoms with E-state index in [0.717, 1.165) is 13.1 Å². The van der Waals surface area contributed by atoms with Crippen LogP contribution in [0.4, 0.5) is 0 Å². The fourth-order valence-corrected chi connectivity index (χ4v) is 1.06. The minimum absolute atomic E-state index is 0.363. The van der Waals surface area contributed by atoms with E-state index in [9.17, 15) is 0 Å². The molecule has 0 saturated carbocycles. The average molecular weight is 189 g/mol. The SMILES string of the molecule is C=C[N+]1(OCC)OCCNCCO1. The van der Waals surface area contributed by atoms with Crippen LogP contribution in [0.2, 0.25) is 0 Å². The maximum Gasteiger partial charge on any atom is 0.195 e. The first kappa shape index (κ1) is 10.6. The van der Waals surface area contributed by atoms with Crippen molar-refractivity contribution < 1.29 is 19.5 Å². The summed E-state index contributed by atoms with van der Waals surface area (Å²) in [6.45, 7) is 8.68. The molecule has 0 bridgehead atoms. The summed E-state index contributed by atoms with van der Waals surface area (Å²) in [7, 11) is 0. The van der Waals surface area contributed by atoms with Gasteiger partial charge >= 0.3 is 0 Å². The molecule has 1 rings (SSSR count). The predicted molar refractivity (Wildman–Crippen MR) is 46.9 cm³/mol. The van der Waals surface area contributed by atoms with E-state index in [0.29, 0.717) is 19.8 Å². The maximum absolute atomic E-state index is 5.37. The summed E-state index contributed by atoms with van der Waals surface area (Å²) in [5.41, 5.74) is 0. The van der Waals surface area contributed by atoms with Crippen LogP contribution in [-0.2, 0) is 14.5 Å². The second-order valence-electron chi connectivity index (χ2n) is 2.56. The van der Waals surface area contributed by atoms with Gasteiger partial charge in [-0.3, -0.25) is 0 Å². The molecule has 0 amide bonds. The number of nitrogens with zero attached hydrogens (tertiary/aromatic N) is 1. The van der Waals surface area contributed by atoms with Crippen molar-refractivity contribution in [2.45, 2.75) is 6.92 Å². The Morgan fingerprint density at radius 1 is 1.46 bits per heavy atom. The molecule has 1 N–H and O–H groups in total. The van der Waals surface area contributed by atoms with E-state index >= 15 is 0 Å². The fraction of sp³-hybridized carbons (Fsp3) is 0.750. The molecule has 0 unspecified atom stereocenters. The van der Waals surface area contributed by atoms with E-state index in [-0.39, 0.29) is 4.97 Å². The van der Waals surface area contributed by atoms with Crippen LogP contribution in [-0.4, -0.2) is 37.9 Å². The number of rotatable bonds is 3. The van der Waals surface area contributed by atoms with Gasteiger partial charge in [-0.25, -0.2) is 0 Å². The van der Waals surface area contributed by atoms with Gasteiger partial charge in [-0.2, -0.15) is 0 Å². The molecule has 1 aliphatic heterocycles. The zero-order valence-electron chi connectivity index (χ0n) is 7.99. The van der Waals surface area contributed by atoms with E-state index in [1.165, 1.54) is 6.20 Å². The van der Waals surface area contributed by atoms with Gasteiger partial charge < -0.3 is 5.32 Å². The summed E-state index contributed by atoms with van der Waals surface area (Å²) in [6, 6.07) is 0. The molecule has 0 aromatic heterocycles. The second-order valence-corrected chi connectivity index (χ2v) is 2.56. The van der Waals surface area contributed by atoms with Crippen molar-refractivity contribution in [2.75, 3.05) is 32.9 Å². The summed E-state index contributed by atoms with van der Waals surface area (Å²) < 4.78 is 0. The lowest BCUT2D eigenvalue weighted by atomic mass is 10.6. The minimum atomic E-state index is -0.363. The van der Waals surface area contributed by atoms with Crippen LogP contribution in [0.3, 0.4) is 0 Å². The molecule has 0 aromatic carbocycles. The van der Waals surface area contributed by atoms with Crippen LogP contribution < -0.4 is 5.32 Å². The van der Waals surface area contributed by atoms with Gasteiger partial charge in [0.25, 0.3) is 0 Å². The Bertz CT molecular complexity index is 155. The molecule has 0 spiro atoms. The van der Waals surface area contributed by atoms with Crippen molar-refractivity contribution in [1.82, 2.24) is 5.32 Å². The molecule has 1 saturated heterocycles. The van der Waals surface area contributed by atoms with Crippen LogP contribution in [0, 0.1) is 0 Å². The third kappa shape index (κ3) is 3.06. The van der Waals surface area contributed by atoms with Gasteiger partial charge in [-0.1, -0.05) is 0 Å². The normalized spacial score (nSPS) is 23.2. The maximum atomic E-state index is 5.37. The molecule has 1 heterocycles. The first-order chi connectivity index (χ1) is 6.33. The molecule has 76 valence electrons. The standard InChI is InChI=1S/C8H17N2O3/c1-3-10(11-4-2)12-7-5-9-6-8-13-10/h3,9H,1,4-8H2,2H3/q+1. The highest BCUT2D eigenvalue weighted by Gasteiger charge is 2.31. The smallest absolute Gasteiger partial charge is 0.195 e. The molecule has 1 aliphatic rings. The minimum Gasteiger partial charge on any atom is -0.312 e. The summed E-state index contributed by atoms with van der Waals surface area (Å²) in [4.78, 5) is 15.7. The molecule has 0 radical (unpaired) electrons. The van der Waals surface area contributed by atoms with E-state index < -0.39 is 0 Å². The lowest BCUT2D eigenvalue weighted by Gasteiger charge is -2.26. The number of nitrogens with one attached hydrogen (secondary N) is 1. The van der Waals surface area contributed by atoms with Gasteiger partial charge in [0.15, 0.2) is 6.20 Å². The monoisotopic (exact) mass is 189 g/mol. The van der Waals surface area contributed by atoms with Gasteiger partial charge in [0.05, 0.1) is 0 Å². The predicted octanol–water partition coefficient (Wildman–Crippen LogP) is 0.365. The third-order valence-electron chi connectivity index (χ3n) is 1.63. The number of hydroxylamine groups is 3. The van der Waals surface area contributed by atoms with Gasteiger partial charge in [0.1, 0.15) is 24.8 Å². The second kappa shape index (κ2) is 5.31.